The van der Waals surface area contributed by atoms with E-state index in [1.165, 1.54) is 12.1 Å². The van der Waals surface area contributed by atoms with Crippen molar-refractivity contribution in [2.24, 2.45) is 17.6 Å². The van der Waals surface area contributed by atoms with Crippen LogP contribution in [0.5, 0.6) is 5.75 Å². The summed E-state index contributed by atoms with van der Waals surface area (Å²) < 4.78 is 18.9. The summed E-state index contributed by atoms with van der Waals surface area (Å²) in [6.45, 7) is 2.78. The molecule has 1 saturated carbocycles. The average molecular weight is 393 g/mol. The second-order valence-corrected chi connectivity index (χ2v) is 6.92. The molecule has 0 aliphatic heterocycles. The van der Waals surface area contributed by atoms with Crippen LogP contribution in [0.2, 0.25) is 0 Å². The Morgan fingerprint density at radius 2 is 2.07 bits per heavy atom. The molecule has 1 amide bonds. The summed E-state index contributed by atoms with van der Waals surface area (Å²) in [4.78, 5) is 12.5. The third-order valence-electron chi connectivity index (χ3n) is 5.05. The Balaban J connectivity index is 0.00000261. The van der Waals surface area contributed by atoms with Crippen molar-refractivity contribution in [2.75, 3.05) is 11.9 Å². The van der Waals surface area contributed by atoms with Gasteiger partial charge in [0.2, 0.25) is 5.91 Å². The highest BCUT2D eigenvalue weighted by Gasteiger charge is 2.32. The summed E-state index contributed by atoms with van der Waals surface area (Å²) >= 11 is 0. The molecule has 0 saturated heterocycles. The molecule has 3 N–H and O–H groups in total. The predicted octanol–water partition coefficient (Wildman–Crippen LogP) is 4.45. The molecule has 0 heterocycles. The van der Waals surface area contributed by atoms with Gasteiger partial charge in [0.05, 0.1) is 0 Å². The van der Waals surface area contributed by atoms with E-state index in [-0.39, 0.29) is 36.0 Å². The molecule has 1 aliphatic rings. The number of hydrogen-bond donors (Lipinski definition) is 2. The van der Waals surface area contributed by atoms with Gasteiger partial charge in [-0.15, -0.1) is 12.4 Å². The second kappa shape index (κ2) is 9.72. The molecule has 4 nitrogen and oxygen atoms in total. The van der Waals surface area contributed by atoms with Crippen molar-refractivity contribution in [3.63, 3.8) is 0 Å². The number of nitrogens with one attached hydrogen (secondary N) is 1. The van der Waals surface area contributed by atoms with Gasteiger partial charge >= 0.3 is 0 Å². The third-order valence-corrected chi connectivity index (χ3v) is 5.05. The van der Waals surface area contributed by atoms with Crippen LogP contribution in [0.15, 0.2) is 42.5 Å². The van der Waals surface area contributed by atoms with Crippen LogP contribution < -0.4 is 15.8 Å². The standard InChI is InChI=1S/C21H25FN2O2.ClH/c1-14-10-18(26-13-15-4-2-6-17(22)11-15)8-9-20(14)24-21(25)19-7-3-5-16(19)12-23;/h2,4,6,8-11,16,19H,3,5,7,12-13,23H2,1H3,(H,24,25);1H/t16-,19-;/m1./s1. The highest BCUT2D eigenvalue weighted by atomic mass is 35.5. The number of benzene rings is 2. The maximum atomic E-state index is 13.2. The number of hydrogen-bond acceptors (Lipinski definition) is 3. The van der Waals surface area contributed by atoms with Crippen LogP contribution in [0.1, 0.15) is 30.4 Å². The minimum atomic E-state index is -0.275. The van der Waals surface area contributed by atoms with Gasteiger partial charge in [0.1, 0.15) is 18.2 Å². The van der Waals surface area contributed by atoms with Gasteiger partial charge in [-0.3, -0.25) is 4.79 Å². The monoisotopic (exact) mass is 392 g/mol. The van der Waals surface area contributed by atoms with E-state index in [1.54, 1.807) is 6.07 Å². The van der Waals surface area contributed by atoms with Gasteiger partial charge in [-0.05, 0) is 73.7 Å². The molecule has 0 unspecified atom stereocenters. The van der Waals surface area contributed by atoms with E-state index in [9.17, 15) is 9.18 Å². The molecule has 0 radical (unpaired) electrons. The number of anilines is 1. The maximum absolute atomic E-state index is 13.2. The number of halogens is 2. The van der Waals surface area contributed by atoms with E-state index in [2.05, 4.69) is 5.32 Å². The van der Waals surface area contributed by atoms with Crippen LogP contribution in [-0.2, 0) is 11.4 Å². The summed E-state index contributed by atoms with van der Waals surface area (Å²) in [5.41, 5.74) is 8.26. The first-order valence-electron chi connectivity index (χ1n) is 9.05. The highest BCUT2D eigenvalue weighted by Crippen LogP contribution is 2.32. The van der Waals surface area contributed by atoms with Gasteiger partial charge in [-0.25, -0.2) is 4.39 Å². The minimum absolute atomic E-state index is 0. The highest BCUT2D eigenvalue weighted by molar-refractivity contribution is 5.93. The van der Waals surface area contributed by atoms with Crippen LogP contribution in [0, 0.1) is 24.6 Å². The van der Waals surface area contributed by atoms with Crippen molar-refractivity contribution in [1.29, 1.82) is 0 Å². The second-order valence-electron chi connectivity index (χ2n) is 6.92. The number of rotatable bonds is 6. The lowest BCUT2D eigenvalue weighted by Crippen LogP contribution is -2.29. The molecule has 6 heteroatoms. The van der Waals surface area contributed by atoms with Crippen LogP contribution in [0.25, 0.3) is 0 Å². The van der Waals surface area contributed by atoms with Gasteiger partial charge in [-0.1, -0.05) is 18.6 Å². The van der Waals surface area contributed by atoms with Gasteiger partial charge in [-0.2, -0.15) is 0 Å². The lowest BCUT2D eigenvalue weighted by molar-refractivity contribution is -0.120. The van der Waals surface area contributed by atoms with Crippen molar-refractivity contribution in [3.8, 4) is 5.75 Å². The predicted molar refractivity (Wildman–Crippen MR) is 108 cm³/mol. The fourth-order valence-electron chi connectivity index (χ4n) is 3.55. The van der Waals surface area contributed by atoms with Gasteiger partial charge in [0.15, 0.2) is 0 Å². The Morgan fingerprint density at radius 3 is 2.78 bits per heavy atom. The van der Waals surface area contributed by atoms with Crippen LogP contribution in [0.4, 0.5) is 10.1 Å². The largest absolute Gasteiger partial charge is 0.489 e. The molecule has 27 heavy (non-hydrogen) atoms. The number of carbonyl (C=O) groups excluding carboxylic acids is 1. The molecular weight excluding hydrogens is 367 g/mol. The molecule has 146 valence electrons. The normalized spacial score (nSPS) is 18.6. The van der Waals surface area contributed by atoms with E-state index in [4.69, 9.17) is 10.5 Å². The molecular formula is C21H26ClFN2O2. The Morgan fingerprint density at radius 1 is 1.26 bits per heavy atom. The van der Waals surface area contributed by atoms with E-state index in [1.807, 2.05) is 31.2 Å². The van der Waals surface area contributed by atoms with Crippen molar-refractivity contribution >= 4 is 24.0 Å². The van der Waals surface area contributed by atoms with E-state index < -0.39 is 0 Å². The molecule has 0 bridgehead atoms. The van der Waals surface area contributed by atoms with Crippen LogP contribution >= 0.6 is 12.4 Å². The number of ether oxygens (including phenoxy) is 1. The third kappa shape index (κ3) is 5.44. The summed E-state index contributed by atoms with van der Waals surface area (Å²) in [6, 6.07) is 11.9. The van der Waals surface area contributed by atoms with Gasteiger partial charge < -0.3 is 15.8 Å². The van der Waals surface area contributed by atoms with Gasteiger partial charge in [0, 0.05) is 11.6 Å². The summed E-state index contributed by atoms with van der Waals surface area (Å²) in [7, 11) is 0. The van der Waals surface area contributed by atoms with Crippen molar-refractivity contribution in [1.82, 2.24) is 0 Å². The van der Waals surface area contributed by atoms with Gasteiger partial charge in [0.25, 0.3) is 0 Å². The number of aryl methyl sites for hydroxylation is 1. The first-order chi connectivity index (χ1) is 12.6. The minimum Gasteiger partial charge on any atom is -0.489 e. The Bertz CT molecular complexity index is 785. The summed E-state index contributed by atoms with van der Waals surface area (Å²) in [5.74, 6) is 0.746. The molecule has 3 rings (SSSR count). The van der Waals surface area contributed by atoms with Crippen LogP contribution in [0.3, 0.4) is 0 Å². The Kier molecular flexibility index (Phi) is 7.63. The maximum Gasteiger partial charge on any atom is 0.227 e. The first-order valence-corrected chi connectivity index (χ1v) is 9.05. The number of carbonyl (C=O) groups is 1. The van der Waals surface area contributed by atoms with E-state index in [0.29, 0.717) is 18.9 Å². The molecule has 2 atom stereocenters. The molecule has 2 aromatic rings. The molecule has 2 aromatic carbocycles. The molecule has 0 spiro atoms. The fraction of sp³-hybridized carbons (Fsp3) is 0.381. The number of nitrogens with two attached hydrogens (primary N) is 1. The van der Waals surface area contributed by atoms with E-state index in [0.717, 1.165) is 36.1 Å². The van der Waals surface area contributed by atoms with Crippen LogP contribution in [-0.4, -0.2) is 12.5 Å². The molecule has 1 fully saturated rings. The molecule has 1 aliphatic carbocycles. The van der Waals surface area contributed by atoms with Crippen molar-refractivity contribution < 1.29 is 13.9 Å². The Hall–Kier alpha value is -2.11. The summed E-state index contributed by atoms with van der Waals surface area (Å²) in [6.07, 6.45) is 2.99. The lowest BCUT2D eigenvalue weighted by atomic mass is 9.95. The summed E-state index contributed by atoms with van der Waals surface area (Å²) in [5, 5.41) is 3.03. The topological polar surface area (TPSA) is 64.3 Å². The SMILES string of the molecule is Cc1cc(OCc2cccc(F)c2)ccc1NC(=O)[C@@H]1CCC[C@@H]1CN.Cl. The van der Waals surface area contributed by atoms with Crippen molar-refractivity contribution in [2.45, 2.75) is 32.8 Å². The zero-order valence-corrected chi connectivity index (χ0v) is 16.2. The first kappa shape index (κ1) is 21.2. The van der Waals surface area contributed by atoms with Crippen molar-refractivity contribution in [3.05, 3.63) is 59.4 Å². The quantitative estimate of drug-likeness (QED) is 0.763. The fourth-order valence-corrected chi connectivity index (χ4v) is 3.55. The lowest BCUT2D eigenvalue weighted by Gasteiger charge is -2.18. The molecule has 0 aromatic heterocycles. The van der Waals surface area contributed by atoms with E-state index >= 15 is 0 Å². The zero-order valence-electron chi connectivity index (χ0n) is 15.4. The number of amides is 1. The Labute approximate surface area is 165 Å². The smallest absolute Gasteiger partial charge is 0.227 e. The average Bonchev–Trinajstić information content (AvgIpc) is 3.11. The zero-order chi connectivity index (χ0) is 18.5.